The van der Waals surface area contributed by atoms with Crippen molar-refractivity contribution in [2.45, 2.75) is 65.7 Å². The Bertz CT molecular complexity index is 421. The lowest BCUT2D eigenvalue weighted by Gasteiger charge is -2.21. The number of rotatable bonds is 19. The topological polar surface area (TPSA) is 94.2 Å². The van der Waals surface area contributed by atoms with Crippen molar-refractivity contribution >= 4 is 17.9 Å². The van der Waals surface area contributed by atoms with Crippen molar-refractivity contribution in [3.8, 4) is 0 Å². The molecule has 1 N–H and O–H groups in total. The maximum atomic E-state index is 11.7. The van der Waals surface area contributed by atoms with E-state index in [-0.39, 0.29) is 17.9 Å². The Balaban J connectivity index is 4.13. The van der Waals surface area contributed by atoms with Crippen LogP contribution in [0.1, 0.15) is 65.7 Å². The molecule has 0 aromatic rings. The molecule has 0 aliphatic carbocycles. The van der Waals surface area contributed by atoms with Gasteiger partial charge in [-0.2, -0.15) is 0 Å². The summed E-state index contributed by atoms with van der Waals surface area (Å²) >= 11 is 0. The van der Waals surface area contributed by atoms with Crippen molar-refractivity contribution < 1.29 is 28.6 Å². The van der Waals surface area contributed by atoms with Crippen molar-refractivity contribution in [1.82, 2.24) is 10.2 Å². The van der Waals surface area contributed by atoms with Crippen LogP contribution >= 0.6 is 0 Å². The molecule has 170 valence electrons. The summed E-state index contributed by atoms with van der Waals surface area (Å²) in [5.74, 6) is -0.611. The summed E-state index contributed by atoms with van der Waals surface area (Å²) in [6.07, 6.45) is 4.25. The molecule has 0 bridgehead atoms. The number of esters is 3. The molecule has 0 saturated heterocycles. The lowest BCUT2D eigenvalue weighted by molar-refractivity contribution is -0.145. The van der Waals surface area contributed by atoms with Crippen LogP contribution in [0.25, 0.3) is 0 Å². The van der Waals surface area contributed by atoms with E-state index in [0.29, 0.717) is 58.7 Å². The first-order valence-corrected chi connectivity index (χ1v) is 10.9. The normalized spacial score (nSPS) is 10.8. The third kappa shape index (κ3) is 18.1. The number of hydrogen-bond acceptors (Lipinski definition) is 8. The van der Waals surface area contributed by atoms with Crippen molar-refractivity contribution in [3.05, 3.63) is 0 Å². The summed E-state index contributed by atoms with van der Waals surface area (Å²) in [7, 11) is 0. The molecule has 0 amide bonds. The zero-order valence-corrected chi connectivity index (χ0v) is 18.5. The summed E-state index contributed by atoms with van der Waals surface area (Å²) in [4.78, 5) is 37.0. The van der Waals surface area contributed by atoms with E-state index in [4.69, 9.17) is 14.2 Å². The predicted molar refractivity (Wildman–Crippen MR) is 112 cm³/mol. The second kappa shape index (κ2) is 19.6. The molecule has 29 heavy (non-hydrogen) atoms. The molecule has 8 nitrogen and oxygen atoms in total. The lowest BCUT2D eigenvalue weighted by Crippen LogP contribution is -2.32. The van der Waals surface area contributed by atoms with E-state index in [1.807, 2.05) is 20.8 Å². The largest absolute Gasteiger partial charge is 0.466 e. The maximum Gasteiger partial charge on any atom is 0.307 e. The minimum atomic E-state index is -0.214. The van der Waals surface area contributed by atoms with Crippen molar-refractivity contribution in [1.29, 1.82) is 0 Å². The van der Waals surface area contributed by atoms with Gasteiger partial charge in [0.1, 0.15) is 0 Å². The molecule has 8 heteroatoms. The van der Waals surface area contributed by atoms with Crippen molar-refractivity contribution in [3.63, 3.8) is 0 Å². The first kappa shape index (κ1) is 27.3. The van der Waals surface area contributed by atoms with Gasteiger partial charge in [0.2, 0.25) is 0 Å². The fourth-order valence-electron chi connectivity index (χ4n) is 2.44. The minimum absolute atomic E-state index is 0.183. The van der Waals surface area contributed by atoms with Gasteiger partial charge in [0.15, 0.2) is 0 Å². The first-order chi connectivity index (χ1) is 14.0. The molecule has 0 unspecified atom stereocenters. The zero-order chi connectivity index (χ0) is 21.7. The van der Waals surface area contributed by atoms with Crippen LogP contribution in [0.5, 0.6) is 0 Å². The van der Waals surface area contributed by atoms with Gasteiger partial charge in [-0.3, -0.25) is 14.4 Å². The third-order valence-corrected chi connectivity index (χ3v) is 4.00. The SMILES string of the molecule is CCCOC(=O)CCNCCCN(CCC(=O)OCCC)CCC(=O)OCCC. The van der Waals surface area contributed by atoms with E-state index in [1.165, 1.54) is 0 Å². The smallest absolute Gasteiger partial charge is 0.307 e. The second-order valence-corrected chi connectivity index (χ2v) is 6.86. The molecule has 0 aromatic carbocycles. The highest BCUT2D eigenvalue weighted by Gasteiger charge is 2.12. The van der Waals surface area contributed by atoms with Crippen LogP contribution in [0, 0.1) is 0 Å². The van der Waals surface area contributed by atoms with E-state index in [2.05, 4.69) is 10.2 Å². The van der Waals surface area contributed by atoms with Crippen LogP contribution in [0.2, 0.25) is 0 Å². The molecule has 0 radical (unpaired) electrons. The average molecular weight is 417 g/mol. The van der Waals surface area contributed by atoms with Gasteiger partial charge in [-0.25, -0.2) is 0 Å². The number of carbonyl (C=O) groups is 3. The number of carbonyl (C=O) groups excluding carboxylic acids is 3. The van der Waals surface area contributed by atoms with Gasteiger partial charge < -0.3 is 24.4 Å². The number of nitrogens with zero attached hydrogens (tertiary/aromatic N) is 1. The van der Waals surface area contributed by atoms with E-state index < -0.39 is 0 Å². The minimum Gasteiger partial charge on any atom is -0.466 e. The quantitative estimate of drug-likeness (QED) is 0.195. The molecular formula is C21H40N2O6. The number of ether oxygens (including phenoxy) is 3. The van der Waals surface area contributed by atoms with Gasteiger partial charge >= 0.3 is 17.9 Å². The fraction of sp³-hybridized carbons (Fsp3) is 0.857. The highest BCUT2D eigenvalue weighted by molar-refractivity contribution is 5.70. The van der Waals surface area contributed by atoms with Gasteiger partial charge in [0.05, 0.1) is 39.1 Å². The summed E-state index contributed by atoms with van der Waals surface area (Å²) in [5.41, 5.74) is 0. The zero-order valence-electron chi connectivity index (χ0n) is 18.5. The van der Waals surface area contributed by atoms with Gasteiger partial charge in [0, 0.05) is 19.6 Å². The molecule has 0 aromatic heterocycles. The van der Waals surface area contributed by atoms with Crippen LogP contribution in [0.4, 0.5) is 0 Å². The van der Waals surface area contributed by atoms with Crippen LogP contribution in [-0.4, -0.2) is 75.4 Å². The summed E-state index contributed by atoms with van der Waals surface area (Å²) in [5, 5.41) is 3.22. The van der Waals surface area contributed by atoms with Gasteiger partial charge in [-0.1, -0.05) is 20.8 Å². The van der Waals surface area contributed by atoms with Gasteiger partial charge in [-0.15, -0.1) is 0 Å². The molecule has 0 rings (SSSR count). The fourth-order valence-corrected chi connectivity index (χ4v) is 2.44. The molecule has 0 aliphatic heterocycles. The summed E-state index contributed by atoms with van der Waals surface area (Å²) in [6, 6.07) is 0. The van der Waals surface area contributed by atoms with Crippen LogP contribution in [0.15, 0.2) is 0 Å². The Morgan fingerprint density at radius 2 is 1.10 bits per heavy atom. The third-order valence-electron chi connectivity index (χ3n) is 4.00. The average Bonchev–Trinajstić information content (AvgIpc) is 2.72. The van der Waals surface area contributed by atoms with E-state index >= 15 is 0 Å². The highest BCUT2D eigenvalue weighted by atomic mass is 16.5. The van der Waals surface area contributed by atoms with Crippen LogP contribution < -0.4 is 5.32 Å². The van der Waals surface area contributed by atoms with Crippen LogP contribution in [0.3, 0.4) is 0 Å². The molecule has 0 atom stereocenters. The number of nitrogens with one attached hydrogen (secondary N) is 1. The molecule has 0 fully saturated rings. The number of hydrogen-bond donors (Lipinski definition) is 1. The monoisotopic (exact) mass is 416 g/mol. The van der Waals surface area contributed by atoms with Gasteiger partial charge in [-0.05, 0) is 38.8 Å². The Labute approximate surface area is 175 Å². The molecule has 0 aliphatic rings. The molecule has 0 spiro atoms. The standard InChI is InChI=1S/C21H40N2O6/c1-4-16-27-19(24)8-12-22-11-7-13-23(14-9-20(25)28-17-5-2)15-10-21(26)29-18-6-3/h22H,4-18H2,1-3H3. The molecule has 0 saturated carbocycles. The Morgan fingerprint density at radius 1 is 0.655 bits per heavy atom. The Kier molecular flexibility index (Phi) is 18.5. The van der Waals surface area contributed by atoms with E-state index in [1.54, 1.807) is 0 Å². The Hall–Kier alpha value is -1.67. The molecular weight excluding hydrogens is 376 g/mol. The van der Waals surface area contributed by atoms with Crippen molar-refractivity contribution in [2.24, 2.45) is 0 Å². The van der Waals surface area contributed by atoms with E-state index in [0.717, 1.165) is 38.8 Å². The van der Waals surface area contributed by atoms with Crippen molar-refractivity contribution in [2.75, 3.05) is 52.5 Å². The van der Waals surface area contributed by atoms with Crippen LogP contribution in [-0.2, 0) is 28.6 Å². The summed E-state index contributed by atoms with van der Waals surface area (Å²) < 4.78 is 15.3. The van der Waals surface area contributed by atoms with Gasteiger partial charge in [0.25, 0.3) is 0 Å². The Morgan fingerprint density at radius 3 is 1.55 bits per heavy atom. The highest BCUT2D eigenvalue weighted by Crippen LogP contribution is 2.00. The lowest BCUT2D eigenvalue weighted by atomic mass is 10.3. The predicted octanol–water partition coefficient (Wildman–Crippen LogP) is 2.30. The maximum absolute atomic E-state index is 11.7. The van der Waals surface area contributed by atoms with E-state index in [9.17, 15) is 14.4 Å². The summed E-state index contributed by atoms with van der Waals surface area (Å²) in [6.45, 7) is 10.4. The first-order valence-electron chi connectivity index (χ1n) is 10.9. The molecule has 0 heterocycles. The second-order valence-electron chi connectivity index (χ2n) is 6.86.